The van der Waals surface area contributed by atoms with Gasteiger partial charge in [0.15, 0.2) is 6.10 Å². The van der Waals surface area contributed by atoms with E-state index in [1.54, 1.807) is 0 Å². The minimum atomic E-state index is -0.766. The van der Waals surface area contributed by atoms with E-state index in [0.717, 1.165) is 70.6 Å². The number of carbonyl (C=O) groups is 3. The maximum atomic E-state index is 12.9. The topological polar surface area (TPSA) is 78.9 Å². The summed E-state index contributed by atoms with van der Waals surface area (Å²) in [5.41, 5.74) is 0. The quantitative estimate of drug-likeness (QED) is 0.0261. The third kappa shape index (κ3) is 60.5. The molecule has 0 aromatic rings. The first-order chi connectivity index (χ1) is 36.5. The number of allylic oxidation sites excluding steroid dienone is 6. The fourth-order valence-electron chi connectivity index (χ4n) is 9.92. The summed E-state index contributed by atoms with van der Waals surface area (Å²) in [5.74, 6) is -0.841. The molecule has 0 rings (SSSR count). The summed E-state index contributed by atoms with van der Waals surface area (Å²) in [5, 5.41) is 0. The average Bonchev–Trinajstić information content (AvgIpc) is 3.40. The lowest BCUT2D eigenvalue weighted by molar-refractivity contribution is -0.167. The van der Waals surface area contributed by atoms with Crippen molar-refractivity contribution < 1.29 is 28.6 Å². The van der Waals surface area contributed by atoms with E-state index in [4.69, 9.17) is 14.2 Å². The second-order valence-electron chi connectivity index (χ2n) is 22.4. The highest BCUT2D eigenvalue weighted by Crippen LogP contribution is 2.18. The van der Waals surface area contributed by atoms with Crippen molar-refractivity contribution in [1.29, 1.82) is 0 Å². The monoisotopic (exact) mass is 1040 g/mol. The second-order valence-corrected chi connectivity index (χ2v) is 22.4. The first kappa shape index (κ1) is 71.6. The van der Waals surface area contributed by atoms with Crippen molar-refractivity contribution in [3.63, 3.8) is 0 Å². The van der Waals surface area contributed by atoms with E-state index < -0.39 is 6.10 Å². The van der Waals surface area contributed by atoms with E-state index in [0.29, 0.717) is 19.3 Å². The van der Waals surface area contributed by atoms with E-state index in [-0.39, 0.29) is 31.1 Å². The fraction of sp³-hybridized carbons (Fsp3) is 0.868. The summed E-state index contributed by atoms with van der Waals surface area (Å²) in [6, 6.07) is 0. The summed E-state index contributed by atoms with van der Waals surface area (Å²) in [4.78, 5) is 38.2. The maximum Gasteiger partial charge on any atom is 0.306 e. The van der Waals surface area contributed by atoms with Gasteiger partial charge in [0.1, 0.15) is 13.2 Å². The van der Waals surface area contributed by atoms with Crippen molar-refractivity contribution >= 4 is 17.9 Å². The highest BCUT2D eigenvalue weighted by molar-refractivity contribution is 5.71. The average molecular weight is 1040 g/mol. The van der Waals surface area contributed by atoms with E-state index in [1.807, 2.05) is 0 Å². The minimum absolute atomic E-state index is 0.0652. The number of unbranched alkanes of at least 4 members (excludes halogenated alkanes) is 44. The zero-order chi connectivity index (χ0) is 53.6. The Morgan fingerprint density at radius 1 is 0.270 bits per heavy atom. The predicted octanol–water partition coefficient (Wildman–Crippen LogP) is 22.4. The van der Waals surface area contributed by atoms with Crippen LogP contribution in [0.3, 0.4) is 0 Å². The van der Waals surface area contributed by atoms with E-state index >= 15 is 0 Å². The number of ether oxygens (including phenoxy) is 3. The van der Waals surface area contributed by atoms with Gasteiger partial charge in [0, 0.05) is 19.3 Å². The van der Waals surface area contributed by atoms with Crippen LogP contribution in [0.4, 0.5) is 0 Å². The molecule has 1 atom stereocenters. The summed E-state index contributed by atoms with van der Waals surface area (Å²) < 4.78 is 16.9. The normalized spacial score (nSPS) is 12.2. The van der Waals surface area contributed by atoms with Crippen molar-refractivity contribution in [2.75, 3.05) is 13.2 Å². The molecule has 0 fully saturated rings. The molecule has 0 amide bonds. The molecule has 0 aromatic heterocycles. The van der Waals surface area contributed by atoms with Gasteiger partial charge in [0.05, 0.1) is 0 Å². The smallest absolute Gasteiger partial charge is 0.306 e. The van der Waals surface area contributed by atoms with Crippen LogP contribution in [0, 0.1) is 0 Å². The third-order valence-corrected chi connectivity index (χ3v) is 14.9. The molecule has 0 radical (unpaired) electrons. The molecule has 0 saturated carbocycles. The molecule has 0 heterocycles. The highest BCUT2D eigenvalue weighted by atomic mass is 16.6. The molecule has 0 N–H and O–H groups in total. The standard InChI is InChI=1S/C68H126O6/c1-4-7-10-13-16-19-22-25-26-27-28-29-30-31-32-33-34-35-36-37-38-39-40-41-42-44-46-49-52-55-58-61-67(70)73-64-65(63-72-66(69)60-57-54-51-48-45-24-21-18-15-12-9-6-3)74-68(71)62-59-56-53-50-47-43-23-20-17-14-11-8-5-2/h22,25,27-28,30-31,65H,4-21,23-24,26,29,32-64H2,1-3H3/b25-22-,28-27-,31-30-. The van der Waals surface area contributed by atoms with Crippen LogP contribution in [0.1, 0.15) is 361 Å². The van der Waals surface area contributed by atoms with Crippen molar-refractivity contribution in [3.8, 4) is 0 Å². The van der Waals surface area contributed by atoms with Crippen molar-refractivity contribution in [2.45, 2.75) is 367 Å². The van der Waals surface area contributed by atoms with Crippen LogP contribution < -0.4 is 0 Å². The molecule has 434 valence electrons. The Balaban J connectivity index is 4.09. The van der Waals surface area contributed by atoms with Crippen LogP contribution in [-0.4, -0.2) is 37.2 Å². The first-order valence-electron chi connectivity index (χ1n) is 33.0. The maximum absolute atomic E-state index is 12.9. The molecule has 0 aromatic carbocycles. The lowest BCUT2D eigenvalue weighted by atomic mass is 10.0. The van der Waals surface area contributed by atoms with Gasteiger partial charge in [-0.3, -0.25) is 14.4 Å². The molecular formula is C68H126O6. The zero-order valence-corrected chi connectivity index (χ0v) is 49.9. The second kappa shape index (κ2) is 63.2. The van der Waals surface area contributed by atoms with Gasteiger partial charge in [-0.2, -0.15) is 0 Å². The third-order valence-electron chi connectivity index (χ3n) is 14.9. The molecule has 6 heteroatoms. The molecule has 0 aliphatic heterocycles. The number of hydrogen-bond donors (Lipinski definition) is 0. The van der Waals surface area contributed by atoms with Gasteiger partial charge in [0.25, 0.3) is 0 Å². The van der Waals surface area contributed by atoms with E-state index in [2.05, 4.69) is 57.2 Å². The number of rotatable bonds is 61. The van der Waals surface area contributed by atoms with Crippen molar-refractivity contribution in [3.05, 3.63) is 36.5 Å². The van der Waals surface area contributed by atoms with Gasteiger partial charge in [-0.05, 0) is 57.8 Å². The van der Waals surface area contributed by atoms with E-state index in [1.165, 1.54) is 250 Å². The van der Waals surface area contributed by atoms with Crippen molar-refractivity contribution in [2.24, 2.45) is 0 Å². The molecule has 6 nitrogen and oxygen atoms in total. The molecule has 0 saturated heterocycles. The summed E-state index contributed by atoms with van der Waals surface area (Å²) in [6.07, 6.45) is 77.4. The molecule has 0 spiro atoms. The Hall–Kier alpha value is -2.37. The van der Waals surface area contributed by atoms with Gasteiger partial charge in [-0.25, -0.2) is 0 Å². The predicted molar refractivity (Wildman–Crippen MR) is 321 cm³/mol. The Bertz CT molecular complexity index is 1240. The van der Waals surface area contributed by atoms with Crippen LogP contribution in [0.2, 0.25) is 0 Å². The fourth-order valence-corrected chi connectivity index (χ4v) is 9.92. The number of esters is 3. The highest BCUT2D eigenvalue weighted by Gasteiger charge is 2.19. The van der Waals surface area contributed by atoms with Gasteiger partial charge in [0.2, 0.25) is 0 Å². The summed E-state index contributed by atoms with van der Waals surface area (Å²) in [6.45, 7) is 6.68. The Labute approximate surface area is 461 Å². The largest absolute Gasteiger partial charge is 0.462 e. The Morgan fingerprint density at radius 2 is 0.486 bits per heavy atom. The van der Waals surface area contributed by atoms with Crippen molar-refractivity contribution in [1.82, 2.24) is 0 Å². The van der Waals surface area contributed by atoms with Crippen LogP contribution in [0.15, 0.2) is 36.5 Å². The van der Waals surface area contributed by atoms with Crippen LogP contribution in [-0.2, 0) is 28.6 Å². The molecule has 0 bridgehead atoms. The SMILES string of the molecule is CCCCCCC/C=C\C/C=C\C/C=C\CCCCCCCCCCCCCCCCCCC(=O)OCC(COC(=O)CCCCCCCCCCCCCC)OC(=O)CCCCCCCCCCCCCCC. The summed E-state index contributed by atoms with van der Waals surface area (Å²) >= 11 is 0. The number of carbonyl (C=O) groups excluding carboxylic acids is 3. The van der Waals surface area contributed by atoms with Crippen LogP contribution >= 0.6 is 0 Å². The van der Waals surface area contributed by atoms with Gasteiger partial charge in [-0.15, -0.1) is 0 Å². The van der Waals surface area contributed by atoms with Gasteiger partial charge in [-0.1, -0.05) is 320 Å². The number of hydrogen-bond acceptors (Lipinski definition) is 6. The van der Waals surface area contributed by atoms with Gasteiger partial charge < -0.3 is 14.2 Å². The molecule has 0 aliphatic carbocycles. The van der Waals surface area contributed by atoms with Crippen LogP contribution in [0.25, 0.3) is 0 Å². The lowest BCUT2D eigenvalue weighted by Gasteiger charge is -2.18. The molecular weight excluding hydrogens is 913 g/mol. The minimum Gasteiger partial charge on any atom is -0.462 e. The first-order valence-corrected chi connectivity index (χ1v) is 33.0. The van der Waals surface area contributed by atoms with Gasteiger partial charge >= 0.3 is 17.9 Å². The Morgan fingerprint density at radius 3 is 0.757 bits per heavy atom. The molecule has 0 aliphatic rings. The lowest BCUT2D eigenvalue weighted by Crippen LogP contribution is -2.30. The molecule has 74 heavy (non-hydrogen) atoms. The Kier molecular flexibility index (Phi) is 61.1. The zero-order valence-electron chi connectivity index (χ0n) is 49.9. The van der Waals surface area contributed by atoms with E-state index in [9.17, 15) is 14.4 Å². The summed E-state index contributed by atoms with van der Waals surface area (Å²) in [7, 11) is 0. The molecule has 1 unspecified atom stereocenters. The van der Waals surface area contributed by atoms with Crippen LogP contribution in [0.5, 0.6) is 0 Å².